The van der Waals surface area contributed by atoms with Crippen LogP contribution in [0.15, 0.2) is 24.3 Å². The van der Waals surface area contributed by atoms with Gasteiger partial charge in [0.15, 0.2) is 0 Å². The highest BCUT2D eigenvalue weighted by molar-refractivity contribution is 5.54. The zero-order valence-corrected chi connectivity index (χ0v) is 11.8. The molecule has 1 unspecified atom stereocenters. The molecule has 1 aliphatic carbocycles. The van der Waals surface area contributed by atoms with Crippen LogP contribution in [-0.4, -0.2) is 44.3 Å². The summed E-state index contributed by atoms with van der Waals surface area (Å²) in [5.74, 6) is 0.676. The summed E-state index contributed by atoms with van der Waals surface area (Å²) in [7, 11) is 1.80. The molecule has 1 heterocycles. The van der Waals surface area contributed by atoms with E-state index in [0.717, 1.165) is 25.7 Å². The number of nitrogens with zero attached hydrogens (tertiary/aromatic N) is 1. The minimum Gasteiger partial charge on any atom is -0.385 e. The Kier molecular flexibility index (Phi) is 4.04. The molecule has 2 aliphatic rings. The van der Waals surface area contributed by atoms with Crippen molar-refractivity contribution >= 4 is 5.69 Å². The van der Waals surface area contributed by atoms with Crippen molar-refractivity contribution < 1.29 is 4.74 Å². The maximum Gasteiger partial charge on any atom is 0.0589 e. The molecule has 19 heavy (non-hydrogen) atoms. The highest BCUT2D eigenvalue weighted by atomic mass is 16.5. The molecule has 3 nitrogen and oxygen atoms in total. The molecular formula is C16H24N2O. The van der Waals surface area contributed by atoms with Crippen LogP contribution < -0.4 is 5.32 Å². The van der Waals surface area contributed by atoms with Crippen molar-refractivity contribution in [2.24, 2.45) is 0 Å². The van der Waals surface area contributed by atoms with E-state index in [4.69, 9.17) is 4.74 Å². The maximum atomic E-state index is 5.25. The van der Waals surface area contributed by atoms with Gasteiger partial charge in [0.05, 0.1) is 6.61 Å². The number of anilines is 1. The molecule has 1 atom stereocenters. The van der Waals surface area contributed by atoms with Crippen molar-refractivity contribution in [1.82, 2.24) is 4.90 Å². The van der Waals surface area contributed by atoms with Gasteiger partial charge in [0, 0.05) is 44.4 Å². The third-order valence-corrected chi connectivity index (χ3v) is 4.31. The number of hydrogen-bond acceptors (Lipinski definition) is 3. The molecular weight excluding hydrogens is 236 g/mol. The predicted molar refractivity (Wildman–Crippen MR) is 78.8 cm³/mol. The highest BCUT2D eigenvalue weighted by Crippen LogP contribution is 2.35. The van der Waals surface area contributed by atoms with E-state index < -0.39 is 0 Å². The van der Waals surface area contributed by atoms with Crippen molar-refractivity contribution in [3.63, 3.8) is 0 Å². The van der Waals surface area contributed by atoms with E-state index in [2.05, 4.69) is 34.5 Å². The average molecular weight is 260 g/mol. The summed E-state index contributed by atoms with van der Waals surface area (Å²) in [6.07, 6.45) is 3.99. The molecule has 1 aromatic rings. The van der Waals surface area contributed by atoms with E-state index in [0.29, 0.717) is 5.92 Å². The lowest BCUT2D eigenvalue weighted by Gasteiger charge is -2.32. The molecule has 1 N–H and O–H groups in total. The van der Waals surface area contributed by atoms with Crippen LogP contribution in [0.3, 0.4) is 0 Å². The molecule has 1 aliphatic heterocycles. The molecule has 0 spiro atoms. The Balaban J connectivity index is 1.68. The second-order valence-electron chi connectivity index (χ2n) is 5.72. The minimum atomic E-state index is 0.676. The number of hydrogen-bond donors (Lipinski definition) is 1. The summed E-state index contributed by atoms with van der Waals surface area (Å²) >= 11 is 0. The fraction of sp³-hybridized carbons (Fsp3) is 0.625. The number of para-hydroxylation sites is 1. The van der Waals surface area contributed by atoms with Crippen molar-refractivity contribution in [3.8, 4) is 0 Å². The predicted octanol–water partition coefficient (Wildman–Crippen LogP) is 2.70. The maximum absolute atomic E-state index is 5.25. The average Bonchev–Trinajstić information content (AvgIpc) is 3.28. The number of ether oxygens (including phenoxy) is 1. The highest BCUT2D eigenvalue weighted by Gasteiger charge is 2.31. The number of rotatable bonds is 6. The van der Waals surface area contributed by atoms with E-state index >= 15 is 0 Å². The van der Waals surface area contributed by atoms with Gasteiger partial charge >= 0.3 is 0 Å². The van der Waals surface area contributed by atoms with Gasteiger partial charge in [-0.15, -0.1) is 0 Å². The summed E-state index contributed by atoms with van der Waals surface area (Å²) in [5, 5.41) is 3.51. The van der Waals surface area contributed by atoms with Gasteiger partial charge in [-0.05, 0) is 30.9 Å². The summed E-state index contributed by atoms with van der Waals surface area (Å²) in [6, 6.07) is 9.59. The Morgan fingerprint density at radius 2 is 2.11 bits per heavy atom. The molecule has 0 radical (unpaired) electrons. The van der Waals surface area contributed by atoms with Crippen LogP contribution in [-0.2, 0) is 4.74 Å². The van der Waals surface area contributed by atoms with E-state index in [1.165, 1.54) is 37.1 Å². The van der Waals surface area contributed by atoms with Crippen molar-refractivity contribution in [3.05, 3.63) is 29.8 Å². The molecule has 0 bridgehead atoms. The molecule has 0 amide bonds. The first kappa shape index (κ1) is 12.9. The van der Waals surface area contributed by atoms with Gasteiger partial charge in [0.25, 0.3) is 0 Å². The van der Waals surface area contributed by atoms with Gasteiger partial charge in [-0.3, -0.25) is 4.90 Å². The number of methoxy groups -OCH3 is 1. The number of benzene rings is 1. The monoisotopic (exact) mass is 260 g/mol. The summed E-state index contributed by atoms with van der Waals surface area (Å²) < 4.78 is 5.25. The van der Waals surface area contributed by atoms with Crippen LogP contribution in [0, 0.1) is 0 Å². The first-order chi connectivity index (χ1) is 9.38. The Morgan fingerprint density at radius 3 is 2.89 bits per heavy atom. The van der Waals surface area contributed by atoms with Gasteiger partial charge in [-0.2, -0.15) is 0 Å². The fourth-order valence-electron chi connectivity index (χ4n) is 3.09. The SMILES string of the molecule is COCCN(CC1CCNc2ccccc21)C1CC1. The summed E-state index contributed by atoms with van der Waals surface area (Å²) in [5.41, 5.74) is 2.83. The Morgan fingerprint density at radius 1 is 1.26 bits per heavy atom. The summed E-state index contributed by atoms with van der Waals surface area (Å²) in [4.78, 5) is 2.64. The quantitative estimate of drug-likeness (QED) is 0.851. The van der Waals surface area contributed by atoms with Gasteiger partial charge in [-0.1, -0.05) is 18.2 Å². The molecule has 0 aromatic heterocycles. The Labute approximate surface area is 115 Å². The van der Waals surface area contributed by atoms with Gasteiger partial charge in [0.1, 0.15) is 0 Å². The molecule has 1 aromatic carbocycles. The first-order valence-electron chi connectivity index (χ1n) is 7.44. The zero-order valence-electron chi connectivity index (χ0n) is 11.8. The third kappa shape index (κ3) is 3.10. The van der Waals surface area contributed by atoms with Crippen molar-refractivity contribution in [2.45, 2.75) is 31.2 Å². The molecule has 3 heteroatoms. The van der Waals surface area contributed by atoms with Crippen LogP contribution in [0.5, 0.6) is 0 Å². The molecule has 0 saturated heterocycles. The number of fused-ring (bicyclic) bond motifs is 1. The number of nitrogens with one attached hydrogen (secondary N) is 1. The van der Waals surface area contributed by atoms with E-state index in [9.17, 15) is 0 Å². The lowest BCUT2D eigenvalue weighted by Crippen LogP contribution is -2.35. The van der Waals surface area contributed by atoms with Gasteiger partial charge < -0.3 is 10.1 Å². The largest absolute Gasteiger partial charge is 0.385 e. The topological polar surface area (TPSA) is 24.5 Å². The van der Waals surface area contributed by atoms with Crippen LogP contribution in [0.4, 0.5) is 5.69 Å². The Bertz CT molecular complexity index is 417. The van der Waals surface area contributed by atoms with Gasteiger partial charge in [0.2, 0.25) is 0 Å². The molecule has 104 valence electrons. The smallest absolute Gasteiger partial charge is 0.0589 e. The van der Waals surface area contributed by atoms with Crippen LogP contribution in [0.25, 0.3) is 0 Å². The van der Waals surface area contributed by atoms with E-state index in [-0.39, 0.29) is 0 Å². The third-order valence-electron chi connectivity index (χ3n) is 4.31. The van der Waals surface area contributed by atoms with Crippen molar-refractivity contribution in [1.29, 1.82) is 0 Å². The normalized spacial score (nSPS) is 22.1. The molecule has 1 saturated carbocycles. The fourth-order valence-corrected chi connectivity index (χ4v) is 3.09. The standard InChI is InChI=1S/C16H24N2O/c1-19-11-10-18(14-6-7-14)12-13-8-9-17-16-5-3-2-4-15(13)16/h2-5,13-14,17H,6-12H2,1H3. The summed E-state index contributed by atoms with van der Waals surface area (Å²) in [6.45, 7) is 4.22. The Hall–Kier alpha value is -1.06. The van der Waals surface area contributed by atoms with E-state index in [1.807, 2.05) is 0 Å². The lowest BCUT2D eigenvalue weighted by atomic mass is 9.90. The second-order valence-corrected chi connectivity index (χ2v) is 5.72. The molecule has 3 rings (SSSR count). The molecule has 1 fully saturated rings. The van der Waals surface area contributed by atoms with Crippen LogP contribution in [0.2, 0.25) is 0 Å². The van der Waals surface area contributed by atoms with Crippen molar-refractivity contribution in [2.75, 3.05) is 38.7 Å². The van der Waals surface area contributed by atoms with Gasteiger partial charge in [-0.25, -0.2) is 0 Å². The zero-order chi connectivity index (χ0) is 13.1. The van der Waals surface area contributed by atoms with Crippen LogP contribution in [0.1, 0.15) is 30.7 Å². The lowest BCUT2D eigenvalue weighted by molar-refractivity contribution is 0.138. The van der Waals surface area contributed by atoms with Crippen LogP contribution >= 0.6 is 0 Å². The second kappa shape index (κ2) is 5.93. The first-order valence-corrected chi connectivity index (χ1v) is 7.44. The minimum absolute atomic E-state index is 0.676. The van der Waals surface area contributed by atoms with E-state index in [1.54, 1.807) is 7.11 Å².